The molecule has 320 valence electrons. The summed E-state index contributed by atoms with van der Waals surface area (Å²) in [7, 11) is -4.91. The van der Waals surface area contributed by atoms with Crippen molar-refractivity contribution >= 4 is 19.2 Å². The van der Waals surface area contributed by atoms with Crippen molar-refractivity contribution in [1.82, 2.24) is 14.6 Å². The molecule has 0 saturated carbocycles. The second-order valence-corrected chi connectivity index (χ2v) is 16.4. The lowest BCUT2D eigenvalue weighted by Crippen LogP contribution is -2.45. The summed E-state index contributed by atoms with van der Waals surface area (Å²) in [6.45, 7) is 1.50. The van der Waals surface area contributed by atoms with Crippen LogP contribution in [0.4, 0.5) is 10.2 Å². The normalized spacial score (nSPS) is 20.8. The van der Waals surface area contributed by atoms with E-state index in [-0.39, 0.29) is 36.7 Å². The number of ether oxygens (including phenoxy) is 3. The van der Waals surface area contributed by atoms with E-state index in [9.17, 15) is 34.6 Å². The second kappa shape index (κ2) is 24.5. The Hall–Kier alpha value is -3.54. The fourth-order valence-corrected chi connectivity index (χ4v) is 7.77. The van der Waals surface area contributed by atoms with Crippen LogP contribution in [0.15, 0.2) is 36.7 Å². The Bertz CT molecular complexity index is 1820. The third kappa shape index (κ3) is 14.6. The van der Waals surface area contributed by atoms with Gasteiger partial charge in [0.2, 0.25) is 5.60 Å². The Morgan fingerprint density at radius 2 is 1.62 bits per heavy atom. The van der Waals surface area contributed by atoms with E-state index in [4.69, 9.17) is 29.0 Å². The average Bonchev–Trinajstić information content (AvgIpc) is 3.76. The zero-order chi connectivity index (χ0) is 41.8. The molecule has 6 atom stereocenters. The maximum absolute atomic E-state index is 14.1. The average molecular weight is 831 g/mol. The smallest absolute Gasteiger partial charge is 0.387 e. The number of rotatable bonds is 29. The van der Waals surface area contributed by atoms with Crippen LogP contribution >= 0.6 is 7.82 Å². The van der Waals surface area contributed by atoms with Crippen molar-refractivity contribution in [2.24, 2.45) is 0 Å². The third-order valence-electron chi connectivity index (χ3n) is 10.4. The standard InChI is InChI=1S/C41H60FN6O9P/c1-2-3-4-5-6-7-8-9-10-11-12-13-14-15-16-20-53-21-19-34(54-26-32-22-31(25-43)23-33(42)24-32)27-55-58(51,52)56-29-41(28-44)39(50)37(49)38(57-41)35-17-18-36-40(45)46-30-47-48(35)36/h17-18,22-24,30,34,37-39,49-50H,2-16,19-21,26-27,29H2,1H3,(H,51,52)(H2,45,46,47)/t34-,37+,38+,39+,41-/m1/s1. The van der Waals surface area contributed by atoms with Crippen LogP contribution < -0.4 is 5.73 Å². The van der Waals surface area contributed by atoms with Crippen molar-refractivity contribution in [3.05, 3.63) is 59.3 Å². The van der Waals surface area contributed by atoms with Crippen molar-refractivity contribution < 1.29 is 47.3 Å². The predicted octanol–water partition coefficient (Wildman–Crippen LogP) is 7.37. The number of aliphatic hydroxyl groups is 2. The van der Waals surface area contributed by atoms with Crippen molar-refractivity contribution in [3.8, 4) is 12.1 Å². The molecule has 1 aliphatic rings. The van der Waals surface area contributed by atoms with Gasteiger partial charge in [-0.05, 0) is 48.7 Å². The maximum Gasteiger partial charge on any atom is 0.472 e. The number of halogens is 1. The second-order valence-electron chi connectivity index (χ2n) is 15.0. The fraction of sp³-hybridized carbons (Fsp3) is 0.659. The molecule has 0 amide bonds. The van der Waals surface area contributed by atoms with Crippen molar-refractivity contribution in [2.75, 3.05) is 32.2 Å². The summed E-state index contributed by atoms with van der Waals surface area (Å²) in [6, 6.07) is 10.6. The molecule has 1 unspecified atom stereocenters. The molecular weight excluding hydrogens is 770 g/mol. The maximum atomic E-state index is 14.1. The number of aliphatic hydroxyl groups excluding tert-OH is 2. The van der Waals surface area contributed by atoms with E-state index < -0.39 is 56.9 Å². The quantitative estimate of drug-likeness (QED) is 0.0396. The van der Waals surface area contributed by atoms with E-state index in [0.29, 0.717) is 17.7 Å². The molecular formula is C41H60FN6O9P. The summed E-state index contributed by atoms with van der Waals surface area (Å²) in [5.41, 5.74) is 4.78. The molecule has 2 aromatic heterocycles. The van der Waals surface area contributed by atoms with Crippen molar-refractivity contribution in [1.29, 1.82) is 10.5 Å². The first-order valence-electron chi connectivity index (χ1n) is 20.6. The number of fused-ring (bicyclic) bond motifs is 1. The summed E-state index contributed by atoms with van der Waals surface area (Å²) in [5, 5.41) is 45.1. The summed E-state index contributed by atoms with van der Waals surface area (Å²) >= 11 is 0. The molecule has 58 heavy (non-hydrogen) atoms. The topological polar surface area (TPSA) is 228 Å². The van der Waals surface area contributed by atoms with Crippen LogP contribution in [0.1, 0.15) is 133 Å². The van der Waals surface area contributed by atoms with E-state index in [0.717, 1.165) is 25.3 Å². The number of benzene rings is 1. The molecule has 4 rings (SSSR count). The van der Waals surface area contributed by atoms with Crippen LogP contribution in [0.2, 0.25) is 0 Å². The molecule has 1 aromatic carbocycles. The number of phosphoric acid groups is 1. The molecule has 0 radical (unpaired) electrons. The number of nitrogens with two attached hydrogens (primary N) is 1. The minimum atomic E-state index is -4.91. The number of phosphoric ester groups is 1. The van der Waals surface area contributed by atoms with Crippen molar-refractivity contribution in [3.63, 3.8) is 0 Å². The zero-order valence-corrected chi connectivity index (χ0v) is 34.4. The van der Waals surface area contributed by atoms with E-state index in [1.807, 2.05) is 6.07 Å². The van der Waals surface area contributed by atoms with E-state index in [1.54, 1.807) is 12.1 Å². The Morgan fingerprint density at radius 1 is 0.966 bits per heavy atom. The number of nitrogen functional groups attached to an aromatic ring is 1. The Labute approximate surface area is 340 Å². The van der Waals surface area contributed by atoms with Crippen molar-refractivity contribution in [2.45, 2.75) is 146 Å². The van der Waals surface area contributed by atoms with Gasteiger partial charge in [0.15, 0.2) is 5.82 Å². The van der Waals surface area contributed by atoms with Gasteiger partial charge in [0, 0.05) is 13.2 Å². The number of unbranched alkanes of at least 4 members (excludes halogenated alkanes) is 14. The monoisotopic (exact) mass is 830 g/mol. The number of hydrogen-bond donors (Lipinski definition) is 4. The fourth-order valence-electron chi connectivity index (χ4n) is 6.99. The van der Waals surface area contributed by atoms with Crippen LogP contribution in [0.3, 0.4) is 0 Å². The summed E-state index contributed by atoms with van der Waals surface area (Å²) in [4.78, 5) is 14.5. The first kappa shape index (κ1) is 47.1. The number of nitrogens with zero attached hydrogens (tertiary/aromatic N) is 5. The largest absolute Gasteiger partial charge is 0.472 e. The van der Waals surface area contributed by atoms with Gasteiger partial charge < -0.3 is 35.1 Å². The highest BCUT2D eigenvalue weighted by molar-refractivity contribution is 7.47. The third-order valence-corrected chi connectivity index (χ3v) is 11.3. The molecule has 1 fully saturated rings. The van der Waals surface area contributed by atoms with Gasteiger partial charge in [-0.3, -0.25) is 9.05 Å². The van der Waals surface area contributed by atoms with Gasteiger partial charge in [-0.2, -0.15) is 15.6 Å². The molecule has 15 nitrogen and oxygen atoms in total. The van der Waals surface area contributed by atoms with Crippen LogP contribution in [0.5, 0.6) is 0 Å². The summed E-state index contributed by atoms with van der Waals surface area (Å²) < 4.78 is 56.5. The van der Waals surface area contributed by atoms with Gasteiger partial charge in [0.25, 0.3) is 0 Å². The summed E-state index contributed by atoms with van der Waals surface area (Å²) in [5.74, 6) is -0.456. The first-order valence-corrected chi connectivity index (χ1v) is 22.1. The number of aromatic nitrogens is 3. The lowest BCUT2D eigenvalue weighted by atomic mass is 9.96. The molecule has 1 aliphatic heterocycles. The molecule has 3 heterocycles. The minimum absolute atomic E-state index is 0.115. The number of anilines is 1. The number of hydrogen-bond acceptors (Lipinski definition) is 13. The van der Waals surface area contributed by atoms with Gasteiger partial charge >= 0.3 is 7.82 Å². The molecule has 0 aliphatic carbocycles. The van der Waals surface area contributed by atoms with Gasteiger partial charge in [-0.1, -0.05) is 96.8 Å². The lowest BCUT2D eigenvalue weighted by Gasteiger charge is -2.26. The molecule has 1 saturated heterocycles. The zero-order valence-electron chi connectivity index (χ0n) is 33.6. The molecule has 17 heteroatoms. The van der Waals surface area contributed by atoms with Gasteiger partial charge in [-0.25, -0.2) is 18.5 Å². The van der Waals surface area contributed by atoms with Crippen LogP contribution in [-0.2, 0) is 34.4 Å². The SMILES string of the molecule is CCCCCCCCCCCCCCCCCOCC[C@H](COP(=O)(O)OC[C@@]1(C#N)O[C@@H](c2ccc3c(N)ncnn23)[C@H](O)[C@@H]1O)OCc1cc(F)cc(C#N)c1. The van der Waals surface area contributed by atoms with Crippen LogP contribution in [-0.4, -0.2) is 80.0 Å². The van der Waals surface area contributed by atoms with E-state index in [1.165, 1.54) is 106 Å². The summed E-state index contributed by atoms with van der Waals surface area (Å²) in [6.07, 6.45) is 14.8. The Morgan fingerprint density at radius 3 is 2.26 bits per heavy atom. The van der Waals surface area contributed by atoms with Gasteiger partial charge in [0.05, 0.1) is 36.6 Å². The molecule has 5 N–H and O–H groups in total. The van der Waals surface area contributed by atoms with Crippen LogP contribution in [0.25, 0.3) is 5.52 Å². The molecule has 3 aromatic rings. The highest BCUT2D eigenvalue weighted by atomic mass is 31.2. The Kier molecular flexibility index (Phi) is 19.9. The molecule has 0 spiro atoms. The minimum Gasteiger partial charge on any atom is -0.387 e. The molecule has 0 bridgehead atoms. The van der Waals surface area contributed by atoms with Crippen LogP contribution in [0, 0.1) is 28.5 Å². The van der Waals surface area contributed by atoms with E-state index >= 15 is 0 Å². The Balaban J connectivity index is 1.21. The van der Waals surface area contributed by atoms with Gasteiger partial charge in [-0.15, -0.1) is 0 Å². The predicted molar refractivity (Wildman–Crippen MR) is 213 cm³/mol. The number of nitriles is 2. The lowest BCUT2D eigenvalue weighted by molar-refractivity contribution is -0.0767. The highest BCUT2D eigenvalue weighted by Crippen LogP contribution is 2.47. The van der Waals surface area contributed by atoms with Gasteiger partial charge in [0.1, 0.15) is 48.6 Å². The highest BCUT2D eigenvalue weighted by Gasteiger charge is 2.57. The van der Waals surface area contributed by atoms with E-state index in [2.05, 4.69) is 17.0 Å². The first-order chi connectivity index (χ1) is 28.0.